The van der Waals surface area contributed by atoms with Crippen molar-refractivity contribution in [3.63, 3.8) is 0 Å². The Bertz CT molecular complexity index is 772. The lowest BCUT2D eigenvalue weighted by Gasteiger charge is -2.01. The summed E-state index contributed by atoms with van der Waals surface area (Å²) in [6.45, 7) is 6.17. The number of nitrogens with zero attached hydrogens (tertiary/aromatic N) is 1. The third-order valence-corrected chi connectivity index (χ3v) is 3.42. The maximum Gasteiger partial charge on any atom is 0.227 e. The maximum absolute atomic E-state index is 5.97. The van der Waals surface area contributed by atoms with Crippen LogP contribution in [0.2, 0.25) is 0 Å². The van der Waals surface area contributed by atoms with Crippen LogP contribution in [0.3, 0.4) is 0 Å². The summed E-state index contributed by atoms with van der Waals surface area (Å²) in [7, 11) is 0. The SMILES string of the molecule is Cc1cc(N)c2oc(-c3ccc(C)c(C)c3)nc2c1. The number of benzene rings is 2. The molecule has 0 aliphatic heterocycles. The minimum Gasteiger partial charge on any atom is -0.434 e. The average Bonchev–Trinajstić information content (AvgIpc) is 2.76. The highest BCUT2D eigenvalue weighted by Crippen LogP contribution is 2.29. The van der Waals surface area contributed by atoms with Crippen LogP contribution in [0.15, 0.2) is 34.7 Å². The zero-order chi connectivity index (χ0) is 13.6. The molecule has 0 fully saturated rings. The summed E-state index contributed by atoms with van der Waals surface area (Å²) < 4.78 is 5.80. The quantitative estimate of drug-likeness (QED) is 0.666. The zero-order valence-electron chi connectivity index (χ0n) is 11.3. The molecule has 0 saturated carbocycles. The third kappa shape index (κ3) is 1.97. The number of fused-ring (bicyclic) bond motifs is 1. The van der Waals surface area contributed by atoms with E-state index in [-0.39, 0.29) is 0 Å². The first-order valence-electron chi connectivity index (χ1n) is 6.29. The molecule has 0 atom stereocenters. The molecule has 2 aromatic carbocycles. The van der Waals surface area contributed by atoms with Gasteiger partial charge < -0.3 is 10.2 Å². The monoisotopic (exact) mass is 252 g/mol. The van der Waals surface area contributed by atoms with Crippen molar-refractivity contribution in [2.45, 2.75) is 20.8 Å². The van der Waals surface area contributed by atoms with Crippen molar-refractivity contribution < 1.29 is 4.42 Å². The van der Waals surface area contributed by atoms with Gasteiger partial charge in [-0.3, -0.25) is 0 Å². The molecule has 0 aliphatic rings. The number of anilines is 1. The Kier molecular flexibility index (Phi) is 2.56. The molecule has 19 heavy (non-hydrogen) atoms. The van der Waals surface area contributed by atoms with Crippen LogP contribution < -0.4 is 5.73 Å². The van der Waals surface area contributed by atoms with Gasteiger partial charge in [-0.1, -0.05) is 6.07 Å². The summed E-state index contributed by atoms with van der Waals surface area (Å²) in [6.07, 6.45) is 0. The molecular formula is C16H16N2O. The minimum atomic E-state index is 0.621. The fraction of sp³-hybridized carbons (Fsp3) is 0.188. The fourth-order valence-corrected chi connectivity index (χ4v) is 2.20. The van der Waals surface area contributed by atoms with Gasteiger partial charge in [-0.2, -0.15) is 0 Å². The lowest BCUT2D eigenvalue weighted by Crippen LogP contribution is -1.86. The molecule has 3 aromatic rings. The van der Waals surface area contributed by atoms with Crippen LogP contribution in [-0.2, 0) is 0 Å². The first kappa shape index (κ1) is 11.8. The number of rotatable bonds is 1. The van der Waals surface area contributed by atoms with Gasteiger partial charge in [0.05, 0.1) is 5.69 Å². The molecule has 96 valence electrons. The lowest BCUT2D eigenvalue weighted by atomic mass is 10.1. The van der Waals surface area contributed by atoms with E-state index in [1.54, 1.807) is 0 Å². The first-order chi connectivity index (χ1) is 9.04. The van der Waals surface area contributed by atoms with Crippen LogP contribution in [0.4, 0.5) is 5.69 Å². The molecule has 3 heteroatoms. The Morgan fingerprint density at radius 1 is 1.00 bits per heavy atom. The van der Waals surface area contributed by atoms with Gasteiger partial charge in [0.15, 0.2) is 5.58 Å². The van der Waals surface area contributed by atoms with Gasteiger partial charge in [-0.15, -0.1) is 0 Å². The standard InChI is InChI=1S/C16H16N2O/c1-9-6-13(17)15-14(7-9)18-16(19-15)12-5-4-10(2)11(3)8-12/h4-8H,17H2,1-3H3. The molecule has 1 heterocycles. The van der Waals surface area contributed by atoms with E-state index in [0.29, 0.717) is 17.2 Å². The van der Waals surface area contributed by atoms with E-state index in [9.17, 15) is 0 Å². The smallest absolute Gasteiger partial charge is 0.227 e. The highest BCUT2D eigenvalue weighted by atomic mass is 16.3. The van der Waals surface area contributed by atoms with Crippen molar-refractivity contribution in [3.05, 3.63) is 47.0 Å². The van der Waals surface area contributed by atoms with Gasteiger partial charge in [-0.25, -0.2) is 4.98 Å². The Hall–Kier alpha value is -2.29. The number of aryl methyl sites for hydroxylation is 3. The van der Waals surface area contributed by atoms with E-state index in [0.717, 1.165) is 16.6 Å². The molecule has 0 unspecified atom stereocenters. The normalized spacial score (nSPS) is 11.1. The summed E-state index contributed by atoms with van der Waals surface area (Å²) in [6, 6.07) is 10.1. The fourth-order valence-electron chi connectivity index (χ4n) is 2.20. The number of hydrogen-bond acceptors (Lipinski definition) is 3. The Labute approximate surface area is 112 Å². The first-order valence-corrected chi connectivity index (χ1v) is 6.29. The lowest BCUT2D eigenvalue weighted by molar-refractivity contribution is 0.621. The van der Waals surface area contributed by atoms with Crippen molar-refractivity contribution in [1.29, 1.82) is 0 Å². The largest absolute Gasteiger partial charge is 0.434 e. The van der Waals surface area contributed by atoms with Crippen molar-refractivity contribution in [3.8, 4) is 11.5 Å². The van der Waals surface area contributed by atoms with Crippen LogP contribution in [-0.4, -0.2) is 4.98 Å². The van der Waals surface area contributed by atoms with Gasteiger partial charge in [0.1, 0.15) is 5.52 Å². The molecule has 3 rings (SSSR count). The third-order valence-electron chi connectivity index (χ3n) is 3.42. The Balaban J connectivity index is 2.20. The van der Waals surface area contributed by atoms with E-state index in [1.165, 1.54) is 11.1 Å². The topological polar surface area (TPSA) is 52.0 Å². The van der Waals surface area contributed by atoms with Crippen LogP contribution in [0.1, 0.15) is 16.7 Å². The summed E-state index contributed by atoms with van der Waals surface area (Å²) in [5.41, 5.74) is 12.6. The minimum absolute atomic E-state index is 0.621. The molecule has 0 bridgehead atoms. The summed E-state index contributed by atoms with van der Waals surface area (Å²) in [5, 5.41) is 0. The molecule has 0 amide bonds. The summed E-state index contributed by atoms with van der Waals surface area (Å²) in [5.74, 6) is 0.621. The number of nitrogens with two attached hydrogens (primary N) is 1. The number of hydrogen-bond donors (Lipinski definition) is 1. The highest BCUT2D eigenvalue weighted by molar-refractivity contribution is 5.87. The van der Waals surface area contributed by atoms with Gasteiger partial charge in [-0.05, 0) is 61.7 Å². The van der Waals surface area contributed by atoms with Crippen molar-refractivity contribution in [1.82, 2.24) is 4.98 Å². The second-order valence-corrected chi connectivity index (χ2v) is 5.02. The molecule has 0 saturated heterocycles. The van der Waals surface area contributed by atoms with Crippen LogP contribution in [0.25, 0.3) is 22.6 Å². The molecular weight excluding hydrogens is 236 g/mol. The Morgan fingerprint density at radius 2 is 1.79 bits per heavy atom. The van der Waals surface area contributed by atoms with Crippen molar-refractivity contribution in [2.24, 2.45) is 0 Å². The molecule has 3 nitrogen and oxygen atoms in total. The molecule has 0 spiro atoms. The second kappa shape index (κ2) is 4.12. The molecule has 0 aliphatic carbocycles. The van der Waals surface area contributed by atoms with E-state index >= 15 is 0 Å². The zero-order valence-corrected chi connectivity index (χ0v) is 11.3. The van der Waals surface area contributed by atoms with Crippen LogP contribution in [0, 0.1) is 20.8 Å². The van der Waals surface area contributed by atoms with E-state index in [4.69, 9.17) is 10.2 Å². The van der Waals surface area contributed by atoms with Gasteiger partial charge in [0.25, 0.3) is 0 Å². The maximum atomic E-state index is 5.97. The van der Waals surface area contributed by atoms with E-state index < -0.39 is 0 Å². The van der Waals surface area contributed by atoms with Crippen LogP contribution >= 0.6 is 0 Å². The Morgan fingerprint density at radius 3 is 2.53 bits per heavy atom. The predicted molar refractivity (Wildman–Crippen MR) is 78.1 cm³/mol. The van der Waals surface area contributed by atoms with Crippen molar-refractivity contribution in [2.75, 3.05) is 5.73 Å². The van der Waals surface area contributed by atoms with E-state index in [2.05, 4.69) is 31.0 Å². The van der Waals surface area contributed by atoms with Crippen LogP contribution in [0.5, 0.6) is 0 Å². The average molecular weight is 252 g/mol. The number of aromatic nitrogens is 1. The number of oxazole rings is 1. The summed E-state index contributed by atoms with van der Waals surface area (Å²) >= 11 is 0. The molecule has 1 aromatic heterocycles. The molecule has 2 N–H and O–H groups in total. The second-order valence-electron chi connectivity index (χ2n) is 5.02. The molecule has 0 radical (unpaired) electrons. The number of nitrogen functional groups attached to an aromatic ring is 1. The van der Waals surface area contributed by atoms with Gasteiger partial charge >= 0.3 is 0 Å². The van der Waals surface area contributed by atoms with Gasteiger partial charge in [0.2, 0.25) is 5.89 Å². The van der Waals surface area contributed by atoms with E-state index in [1.807, 2.05) is 25.1 Å². The predicted octanol–water partition coefficient (Wildman–Crippen LogP) is 4.00. The van der Waals surface area contributed by atoms with Crippen molar-refractivity contribution >= 4 is 16.8 Å². The summed E-state index contributed by atoms with van der Waals surface area (Å²) in [4.78, 5) is 4.53. The van der Waals surface area contributed by atoms with Gasteiger partial charge in [0, 0.05) is 5.56 Å². The highest BCUT2D eigenvalue weighted by Gasteiger charge is 2.11.